The largest absolute Gasteiger partial charge is 0.373 e. The van der Waals surface area contributed by atoms with Gasteiger partial charge >= 0.3 is 0 Å². The van der Waals surface area contributed by atoms with Crippen molar-refractivity contribution in [2.75, 3.05) is 25.5 Å². The number of H-pyrrole nitrogens is 1. The number of aromatic amines is 1. The fourth-order valence-corrected chi connectivity index (χ4v) is 3.20. The first kappa shape index (κ1) is 14.1. The van der Waals surface area contributed by atoms with Gasteiger partial charge in [0, 0.05) is 43.8 Å². The Morgan fingerprint density at radius 2 is 2.33 bits per heavy atom. The monoisotopic (exact) mass is 285 g/mol. The summed E-state index contributed by atoms with van der Waals surface area (Å²) < 4.78 is 0. The molecule has 0 amide bonds. The number of rotatable bonds is 5. The predicted octanol–water partition coefficient (Wildman–Crippen LogP) is 2.30. The van der Waals surface area contributed by atoms with Crippen LogP contribution in [0.25, 0.3) is 0 Å². The molecule has 0 bridgehead atoms. The average Bonchev–Trinajstić information content (AvgIpc) is 3.01. The first-order valence-corrected chi connectivity index (χ1v) is 7.67. The Kier molecular flexibility index (Phi) is 4.50. The molecule has 1 saturated heterocycles. The average molecular weight is 285 g/mol. The van der Waals surface area contributed by atoms with Crippen LogP contribution < -0.4 is 5.32 Å². The molecule has 1 atom stereocenters. The molecular formula is C16H23N5. The molecule has 0 radical (unpaired) electrons. The van der Waals surface area contributed by atoms with Crippen molar-refractivity contribution in [1.82, 2.24) is 20.1 Å². The summed E-state index contributed by atoms with van der Waals surface area (Å²) in [5.41, 5.74) is 2.53. The second-order valence-corrected chi connectivity index (χ2v) is 5.79. The lowest BCUT2D eigenvalue weighted by Crippen LogP contribution is -2.36. The number of nitrogens with zero attached hydrogens (tertiary/aromatic N) is 3. The van der Waals surface area contributed by atoms with E-state index in [2.05, 4.69) is 37.5 Å². The van der Waals surface area contributed by atoms with E-state index in [1.165, 1.54) is 30.6 Å². The van der Waals surface area contributed by atoms with E-state index in [0.717, 1.165) is 25.3 Å². The van der Waals surface area contributed by atoms with Crippen LogP contribution in [0, 0.1) is 5.92 Å². The van der Waals surface area contributed by atoms with Gasteiger partial charge in [0.05, 0.1) is 0 Å². The van der Waals surface area contributed by atoms with Crippen molar-refractivity contribution in [2.45, 2.75) is 25.8 Å². The minimum Gasteiger partial charge on any atom is -0.373 e. The van der Waals surface area contributed by atoms with Gasteiger partial charge < -0.3 is 5.32 Å². The Hall–Kier alpha value is -1.88. The molecule has 2 aromatic rings. The highest BCUT2D eigenvalue weighted by Crippen LogP contribution is 2.23. The van der Waals surface area contributed by atoms with Crippen LogP contribution >= 0.6 is 0 Å². The Balaban J connectivity index is 1.60. The zero-order valence-corrected chi connectivity index (χ0v) is 12.5. The third-order valence-electron chi connectivity index (χ3n) is 4.19. The van der Waals surface area contributed by atoms with Gasteiger partial charge in [0.25, 0.3) is 0 Å². The molecular weight excluding hydrogens is 262 g/mol. The van der Waals surface area contributed by atoms with Crippen molar-refractivity contribution >= 4 is 5.82 Å². The van der Waals surface area contributed by atoms with Gasteiger partial charge in [-0.25, -0.2) is 4.98 Å². The van der Waals surface area contributed by atoms with Gasteiger partial charge in [-0.2, -0.15) is 5.10 Å². The number of likely N-dealkylation sites (tertiary alicyclic amines) is 1. The summed E-state index contributed by atoms with van der Waals surface area (Å²) >= 11 is 0. The molecule has 1 aliphatic rings. The number of nitrogens with one attached hydrogen (secondary N) is 2. The molecule has 2 N–H and O–H groups in total. The van der Waals surface area contributed by atoms with E-state index in [9.17, 15) is 0 Å². The summed E-state index contributed by atoms with van der Waals surface area (Å²) in [6, 6.07) is 6.26. The van der Waals surface area contributed by atoms with Crippen LogP contribution in [0.3, 0.4) is 0 Å². The molecule has 112 valence electrons. The van der Waals surface area contributed by atoms with E-state index in [0.29, 0.717) is 5.92 Å². The molecule has 2 aromatic heterocycles. The highest BCUT2D eigenvalue weighted by Gasteiger charge is 2.21. The van der Waals surface area contributed by atoms with E-state index >= 15 is 0 Å². The van der Waals surface area contributed by atoms with Crippen molar-refractivity contribution in [1.29, 1.82) is 0 Å². The molecule has 3 rings (SSSR count). The summed E-state index contributed by atoms with van der Waals surface area (Å²) in [6.45, 7) is 3.30. The second kappa shape index (κ2) is 6.72. The predicted molar refractivity (Wildman–Crippen MR) is 84.1 cm³/mol. The molecule has 5 heteroatoms. The molecule has 5 nitrogen and oxygen atoms in total. The van der Waals surface area contributed by atoms with Gasteiger partial charge in [0.1, 0.15) is 5.82 Å². The number of piperidine rings is 1. The number of pyridine rings is 1. The summed E-state index contributed by atoms with van der Waals surface area (Å²) in [5, 5.41) is 10.3. The molecule has 3 heterocycles. The van der Waals surface area contributed by atoms with E-state index in [1.54, 1.807) is 0 Å². The van der Waals surface area contributed by atoms with Crippen molar-refractivity contribution in [3.63, 3.8) is 0 Å². The summed E-state index contributed by atoms with van der Waals surface area (Å²) in [7, 11) is 1.93. The normalized spacial score (nSPS) is 19.6. The first-order valence-electron chi connectivity index (χ1n) is 7.67. The SMILES string of the molecule is CNc1ncccc1CN1CCC[C@@H](Cc2ccn[nH]2)C1. The third kappa shape index (κ3) is 3.61. The quantitative estimate of drug-likeness (QED) is 0.885. The topological polar surface area (TPSA) is 56.8 Å². The van der Waals surface area contributed by atoms with E-state index in [4.69, 9.17) is 0 Å². The molecule has 1 aliphatic heterocycles. The molecule has 21 heavy (non-hydrogen) atoms. The number of hydrogen-bond acceptors (Lipinski definition) is 4. The Bertz CT molecular complexity index is 552. The van der Waals surface area contributed by atoms with E-state index in [1.807, 2.05) is 25.5 Å². The van der Waals surface area contributed by atoms with Crippen LogP contribution in [-0.2, 0) is 13.0 Å². The Morgan fingerprint density at radius 1 is 1.38 bits per heavy atom. The smallest absolute Gasteiger partial charge is 0.130 e. The zero-order chi connectivity index (χ0) is 14.5. The van der Waals surface area contributed by atoms with Gasteiger partial charge in [-0.3, -0.25) is 10.00 Å². The highest BCUT2D eigenvalue weighted by atomic mass is 15.1. The first-order chi connectivity index (χ1) is 10.3. The fourth-order valence-electron chi connectivity index (χ4n) is 3.20. The highest BCUT2D eigenvalue weighted by molar-refractivity contribution is 5.42. The lowest BCUT2D eigenvalue weighted by atomic mass is 9.93. The fraction of sp³-hybridized carbons (Fsp3) is 0.500. The number of aromatic nitrogens is 3. The van der Waals surface area contributed by atoms with Crippen LogP contribution in [0.2, 0.25) is 0 Å². The maximum Gasteiger partial charge on any atom is 0.130 e. The maximum atomic E-state index is 4.39. The summed E-state index contributed by atoms with van der Waals surface area (Å²) in [5.74, 6) is 1.71. The standard InChI is InChI=1S/C16H23N5/c1-17-16-14(5-2-7-18-16)12-21-9-3-4-13(11-21)10-15-6-8-19-20-15/h2,5-8,13H,3-4,9-12H2,1H3,(H,17,18)(H,19,20)/t13-/m0/s1. The van der Waals surface area contributed by atoms with Gasteiger partial charge in [-0.1, -0.05) is 6.07 Å². The van der Waals surface area contributed by atoms with Crippen LogP contribution in [0.15, 0.2) is 30.6 Å². The number of hydrogen-bond donors (Lipinski definition) is 2. The maximum absolute atomic E-state index is 4.39. The molecule has 0 saturated carbocycles. The van der Waals surface area contributed by atoms with Crippen molar-refractivity contribution in [3.8, 4) is 0 Å². The minimum absolute atomic E-state index is 0.717. The zero-order valence-electron chi connectivity index (χ0n) is 12.5. The van der Waals surface area contributed by atoms with Gasteiger partial charge in [0.2, 0.25) is 0 Å². The molecule has 0 spiro atoms. The lowest BCUT2D eigenvalue weighted by Gasteiger charge is -2.32. The third-order valence-corrected chi connectivity index (χ3v) is 4.19. The summed E-state index contributed by atoms with van der Waals surface area (Å²) in [6.07, 6.45) is 7.36. The van der Waals surface area contributed by atoms with Crippen LogP contribution in [0.5, 0.6) is 0 Å². The molecule has 1 fully saturated rings. The number of anilines is 1. The summed E-state index contributed by atoms with van der Waals surface area (Å²) in [4.78, 5) is 6.94. The van der Waals surface area contributed by atoms with Crippen molar-refractivity contribution < 1.29 is 0 Å². The van der Waals surface area contributed by atoms with Crippen LogP contribution in [-0.4, -0.2) is 40.2 Å². The Labute approximate surface area is 125 Å². The van der Waals surface area contributed by atoms with Gasteiger partial charge in [-0.15, -0.1) is 0 Å². The van der Waals surface area contributed by atoms with Crippen LogP contribution in [0.4, 0.5) is 5.82 Å². The van der Waals surface area contributed by atoms with Crippen molar-refractivity contribution in [3.05, 3.63) is 41.9 Å². The molecule has 0 aromatic carbocycles. The Morgan fingerprint density at radius 3 is 3.14 bits per heavy atom. The van der Waals surface area contributed by atoms with E-state index < -0.39 is 0 Å². The second-order valence-electron chi connectivity index (χ2n) is 5.79. The van der Waals surface area contributed by atoms with Crippen molar-refractivity contribution in [2.24, 2.45) is 5.92 Å². The molecule has 0 aliphatic carbocycles. The van der Waals surface area contributed by atoms with Gasteiger partial charge in [0.15, 0.2) is 0 Å². The molecule has 0 unspecified atom stereocenters. The van der Waals surface area contributed by atoms with Gasteiger partial charge in [-0.05, 0) is 43.9 Å². The van der Waals surface area contributed by atoms with Crippen LogP contribution in [0.1, 0.15) is 24.1 Å². The minimum atomic E-state index is 0.717. The lowest BCUT2D eigenvalue weighted by molar-refractivity contribution is 0.166. The van der Waals surface area contributed by atoms with E-state index in [-0.39, 0.29) is 0 Å².